The van der Waals surface area contributed by atoms with Gasteiger partial charge in [0.15, 0.2) is 0 Å². The van der Waals surface area contributed by atoms with Gasteiger partial charge in [0, 0.05) is 11.0 Å². The Morgan fingerprint density at radius 2 is 1.80 bits per heavy atom. The van der Waals surface area contributed by atoms with E-state index in [4.69, 9.17) is 15.2 Å². The van der Waals surface area contributed by atoms with E-state index in [2.05, 4.69) is 0 Å². The molecule has 0 aliphatic carbocycles. The number of nitrogen functional groups attached to an aromatic ring is 1. The summed E-state index contributed by atoms with van der Waals surface area (Å²) < 4.78 is 11.6. The predicted octanol–water partition coefficient (Wildman–Crippen LogP) is 4.57. The maximum Gasteiger partial charge on any atom is 0.146 e. The van der Waals surface area contributed by atoms with Crippen molar-refractivity contribution >= 4 is 17.4 Å². The molecule has 2 rings (SSSR count). The van der Waals surface area contributed by atoms with Crippen LogP contribution in [-0.4, -0.2) is 12.4 Å². The summed E-state index contributed by atoms with van der Waals surface area (Å²) in [5.74, 6) is 2.20. The third-order valence-electron chi connectivity index (χ3n) is 2.64. The second-order valence-electron chi connectivity index (χ2n) is 4.62. The Balaban J connectivity index is 2.25. The number of nitrogens with two attached hydrogens (primary N) is 1. The molecule has 0 spiro atoms. The molecule has 0 aliphatic heterocycles. The molecule has 0 atom stereocenters. The van der Waals surface area contributed by atoms with Gasteiger partial charge in [-0.3, -0.25) is 0 Å². The average Bonchev–Trinajstić information content (AvgIpc) is 2.42. The lowest BCUT2D eigenvalue weighted by atomic mass is 10.2. The van der Waals surface area contributed by atoms with Crippen LogP contribution in [0.15, 0.2) is 47.4 Å². The lowest BCUT2D eigenvalue weighted by Crippen LogP contribution is -2.07. The summed E-state index contributed by atoms with van der Waals surface area (Å²) in [7, 11) is 0. The van der Waals surface area contributed by atoms with Crippen LogP contribution in [0.4, 0.5) is 5.69 Å². The van der Waals surface area contributed by atoms with Crippen LogP contribution in [0.25, 0.3) is 0 Å². The Kier molecular flexibility index (Phi) is 4.79. The molecule has 0 aliphatic rings. The summed E-state index contributed by atoms with van der Waals surface area (Å²) in [6, 6.07) is 13.4. The van der Waals surface area contributed by atoms with E-state index in [1.54, 1.807) is 17.8 Å². The number of thioether (sulfide) groups is 1. The molecule has 2 aromatic rings. The second-order valence-corrected chi connectivity index (χ2v) is 5.47. The van der Waals surface area contributed by atoms with Crippen LogP contribution in [0, 0.1) is 0 Å². The zero-order valence-corrected chi connectivity index (χ0v) is 12.7. The van der Waals surface area contributed by atoms with Crippen molar-refractivity contribution in [2.24, 2.45) is 0 Å². The number of hydrogen-bond donors (Lipinski definition) is 1. The number of rotatable bonds is 5. The van der Waals surface area contributed by atoms with E-state index in [0.29, 0.717) is 11.4 Å². The maximum absolute atomic E-state index is 5.92. The summed E-state index contributed by atoms with van der Waals surface area (Å²) in [4.78, 5) is 1.09. The molecule has 0 aromatic heterocycles. The Morgan fingerprint density at radius 3 is 2.50 bits per heavy atom. The molecule has 2 N–H and O–H groups in total. The van der Waals surface area contributed by atoms with E-state index in [9.17, 15) is 0 Å². The average molecular weight is 289 g/mol. The van der Waals surface area contributed by atoms with Crippen molar-refractivity contribution in [1.82, 2.24) is 0 Å². The van der Waals surface area contributed by atoms with E-state index < -0.39 is 0 Å². The van der Waals surface area contributed by atoms with E-state index in [1.807, 2.05) is 56.5 Å². The first kappa shape index (κ1) is 14.6. The molecule has 4 heteroatoms. The van der Waals surface area contributed by atoms with E-state index in [-0.39, 0.29) is 6.10 Å². The van der Waals surface area contributed by atoms with Crippen LogP contribution in [-0.2, 0) is 0 Å². The first-order chi connectivity index (χ1) is 9.60. The summed E-state index contributed by atoms with van der Waals surface area (Å²) in [5.41, 5.74) is 6.52. The van der Waals surface area contributed by atoms with Gasteiger partial charge in [0.25, 0.3) is 0 Å². The van der Waals surface area contributed by atoms with Crippen molar-refractivity contribution in [3.05, 3.63) is 42.5 Å². The largest absolute Gasteiger partial charge is 0.489 e. The van der Waals surface area contributed by atoms with Gasteiger partial charge in [0.1, 0.15) is 17.2 Å². The Morgan fingerprint density at radius 1 is 1.05 bits per heavy atom. The molecule has 106 valence electrons. The van der Waals surface area contributed by atoms with Crippen molar-refractivity contribution in [2.45, 2.75) is 24.8 Å². The number of anilines is 1. The lowest BCUT2D eigenvalue weighted by molar-refractivity contribution is 0.243. The van der Waals surface area contributed by atoms with Crippen LogP contribution < -0.4 is 15.2 Å². The molecule has 0 saturated carbocycles. The standard InChI is InChI=1S/C16H19NO2S/c1-11(2)18-15-10-12(8-9-13(15)17)19-14-6-4-5-7-16(14)20-3/h4-11H,17H2,1-3H3. The molecule has 0 bridgehead atoms. The van der Waals surface area contributed by atoms with Crippen molar-refractivity contribution in [2.75, 3.05) is 12.0 Å². The van der Waals surface area contributed by atoms with Gasteiger partial charge in [-0.05, 0) is 44.4 Å². The minimum atomic E-state index is 0.0750. The minimum absolute atomic E-state index is 0.0750. The summed E-state index contributed by atoms with van der Waals surface area (Å²) in [6.45, 7) is 3.94. The first-order valence-electron chi connectivity index (χ1n) is 6.47. The smallest absolute Gasteiger partial charge is 0.146 e. The Bertz CT molecular complexity index is 584. The number of benzene rings is 2. The maximum atomic E-state index is 5.92. The number of hydrogen-bond acceptors (Lipinski definition) is 4. The fourth-order valence-corrected chi connectivity index (χ4v) is 2.29. The fourth-order valence-electron chi connectivity index (χ4n) is 1.76. The highest BCUT2D eigenvalue weighted by Crippen LogP contribution is 2.34. The summed E-state index contributed by atoms with van der Waals surface area (Å²) in [5, 5.41) is 0. The molecular formula is C16H19NO2S. The Labute approximate surface area is 124 Å². The van der Waals surface area contributed by atoms with Crippen molar-refractivity contribution < 1.29 is 9.47 Å². The molecule has 3 nitrogen and oxygen atoms in total. The van der Waals surface area contributed by atoms with Gasteiger partial charge in [-0.25, -0.2) is 0 Å². The summed E-state index contributed by atoms with van der Waals surface area (Å²) >= 11 is 1.65. The molecule has 0 unspecified atom stereocenters. The van der Waals surface area contributed by atoms with Gasteiger partial charge >= 0.3 is 0 Å². The highest BCUT2D eigenvalue weighted by molar-refractivity contribution is 7.98. The van der Waals surface area contributed by atoms with Crippen molar-refractivity contribution in [3.8, 4) is 17.2 Å². The van der Waals surface area contributed by atoms with Gasteiger partial charge in [0.2, 0.25) is 0 Å². The molecule has 0 amide bonds. The van der Waals surface area contributed by atoms with Gasteiger partial charge in [-0.1, -0.05) is 12.1 Å². The molecule has 2 aromatic carbocycles. The number of para-hydroxylation sites is 1. The molecule has 0 radical (unpaired) electrons. The van der Waals surface area contributed by atoms with Crippen LogP contribution in [0.5, 0.6) is 17.2 Å². The van der Waals surface area contributed by atoms with Gasteiger partial charge in [0.05, 0.1) is 11.8 Å². The van der Waals surface area contributed by atoms with E-state index in [0.717, 1.165) is 16.4 Å². The molecule has 0 fully saturated rings. The van der Waals surface area contributed by atoms with Crippen LogP contribution in [0.2, 0.25) is 0 Å². The molecular weight excluding hydrogens is 270 g/mol. The normalized spacial score (nSPS) is 10.6. The van der Waals surface area contributed by atoms with E-state index in [1.165, 1.54) is 0 Å². The minimum Gasteiger partial charge on any atom is -0.489 e. The highest BCUT2D eigenvalue weighted by atomic mass is 32.2. The fraction of sp³-hybridized carbons (Fsp3) is 0.250. The van der Waals surface area contributed by atoms with Crippen LogP contribution >= 0.6 is 11.8 Å². The first-order valence-corrected chi connectivity index (χ1v) is 7.69. The molecule has 0 heterocycles. The van der Waals surface area contributed by atoms with Gasteiger partial charge in [-0.15, -0.1) is 11.8 Å². The van der Waals surface area contributed by atoms with Gasteiger partial charge < -0.3 is 15.2 Å². The topological polar surface area (TPSA) is 44.5 Å². The lowest BCUT2D eigenvalue weighted by Gasteiger charge is -2.14. The van der Waals surface area contributed by atoms with Crippen LogP contribution in [0.1, 0.15) is 13.8 Å². The predicted molar refractivity (Wildman–Crippen MR) is 84.9 cm³/mol. The molecule has 0 saturated heterocycles. The third kappa shape index (κ3) is 3.61. The summed E-state index contributed by atoms with van der Waals surface area (Å²) in [6.07, 6.45) is 2.10. The van der Waals surface area contributed by atoms with Gasteiger partial charge in [-0.2, -0.15) is 0 Å². The molecule has 20 heavy (non-hydrogen) atoms. The van der Waals surface area contributed by atoms with Crippen molar-refractivity contribution in [3.63, 3.8) is 0 Å². The number of ether oxygens (including phenoxy) is 2. The zero-order valence-electron chi connectivity index (χ0n) is 11.9. The van der Waals surface area contributed by atoms with E-state index >= 15 is 0 Å². The third-order valence-corrected chi connectivity index (χ3v) is 3.42. The quantitative estimate of drug-likeness (QED) is 0.647. The van der Waals surface area contributed by atoms with Crippen molar-refractivity contribution in [1.29, 1.82) is 0 Å². The Hall–Kier alpha value is -1.81. The van der Waals surface area contributed by atoms with Crippen LogP contribution in [0.3, 0.4) is 0 Å². The monoisotopic (exact) mass is 289 g/mol. The highest BCUT2D eigenvalue weighted by Gasteiger charge is 2.08. The zero-order chi connectivity index (χ0) is 14.5. The SMILES string of the molecule is CSc1ccccc1Oc1ccc(N)c(OC(C)C)c1. The second kappa shape index (κ2) is 6.57.